The van der Waals surface area contributed by atoms with E-state index in [1.165, 1.54) is 21.1 Å². The van der Waals surface area contributed by atoms with E-state index in [1.54, 1.807) is 31.0 Å². The maximum Gasteiger partial charge on any atom is 0.293 e. The summed E-state index contributed by atoms with van der Waals surface area (Å²) in [6, 6.07) is 15.5. The zero-order valence-corrected chi connectivity index (χ0v) is 15.9. The van der Waals surface area contributed by atoms with Crippen LogP contribution in [-0.4, -0.2) is 18.0 Å². The van der Waals surface area contributed by atoms with Crippen molar-refractivity contribution in [1.82, 2.24) is 4.98 Å². The number of thioether (sulfide) groups is 1. The lowest BCUT2D eigenvalue weighted by molar-refractivity contribution is 0.0998. The minimum atomic E-state index is -0.319. The molecule has 27 heavy (non-hydrogen) atoms. The summed E-state index contributed by atoms with van der Waals surface area (Å²) >= 11 is 3.30. The number of benzene rings is 2. The zero-order valence-electron chi connectivity index (χ0n) is 14.3. The lowest BCUT2D eigenvalue weighted by atomic mass is 10.1. The Morgan fingerprint density at radius 2 is 2.11 bits per heavy atom. The molecule has 0 saturated carbocycles. The molecule has 1 aliphatic rings. The number of aromatic nitrogens is 1. The summed E-state index contributed by atoms with van der Waals surface area (Å²) in [7, 11) is 1.58. The van der Waals surface area contributed by atoms with Crippen LogP contribution in [0.4, 0.5) is 5.13 Å². The molecule has 0 fully saturated rings. The Morgan fingerprint density at radius 1 is 1.22 bits per heavy atom. The van der Waals surface area contributed by atoms with Crippen LogP contribution in [0.15, 0.2) is 57.8 Å². The third-order valence-electron chi connectivity index (χ3n) is 4.37. The van der Waals surface area contributed by atoms with Crippen molar-refractivity contribution in [3.05, 3.63) is 59.2 Å². The van der Waals surface area contributed by atoms with Crippen molar-refractivity contribution in [3.63, 3.8) is 0 Å². The summed E-state index contributed by atoms with van der Waals surface area (Å²) in [5, 5.41) is 4.27. The molecule has 2 aromatic heterocycles. The van der Waals surface area contributed by atoms with Gasteiger partial charge in [-0.25, -0.2) is 4.98 Å². The Balaban J connectivity index is 1.45. The minimum Gasteiger partial charge on any atom is -0.493 e. The first-order valence-electron chi connectivity index (χ1n) is 8.33. The van der Waals surface area contributed by atoms with Crippen molar-refractivity contribution in [1.29, 1.82) is 0 Å². The second kappa shape index (κ2) is 6.44. The number of carbonyl (C=O) groups is 1. The van der Waals surface area contributed by atoms with Crippen LogP contribution in [0.5, 0.6) is 5.75 Å². The first kappa shape index (κ1) is 16.4. The van der Waals surface area contributed by atoms with E-state index in [9.17, 15) is 4.79 Å². The van der Waals surface area contributed by atoms with Gasteiger partial charge in [-0.3, -0.25) is 10.1 Å². The van der Waals surface area contributed by atoms with Gasteiger partial charge >= 0.3 is 0 Å². The number of hydrogen-bond donors (Lipinski definition) is 1. The van der Waals surface area contributed by atoms with Gasteiger partial charge in [0, 0.05) is 26.5 Å². The fraction of sp³-hybridized carbons (Fsp3) is 0.100. The molecule has 1 amide bonds. The van der Waals surface area contributed by atoms with Crippen LogP contribution >= 0.6 is 23.1 Å². The number of thiazole rings is 1. The summed E-state index contributed by atoms with van der Waals surface area (Å²) < 4.78 is 11.0. The summed E-state index contributed by atoms with van der Waals surface area (Å²) in [5.74, 6) is 1.38. The molecule has 5 rings (SSSR count). The largest absolute Gasteiger partial charge is 0.493 e. The Bertz CT molecular complexity index is 1180. The van der Waals surface area contributed by atoms with Crippen molar-refractivity contribution < 1.29 is 13.9 Å². The third kappa shape index (κ3) is 2.79. The van der Waals surface area contributed by atoms with E-state index in [2.05, 4.69) is 22.4 Å². The van der Waals surface area contributed by atoms with Gasteiger partial charge in [0.15, 0.2) is 22.2 Å². The molecule has 0 aliphatic carbocycles. The summed E-state index contributed by atoms with van der Waals surface area (Å²) in [6.07, 6.45) is 0. The van der Waals surface area contributed by atoms with Crippen LogP contribution in [0, 0.1) is 0 Å². The number of rotatable bonds is 3. The molecule has 4 aromatic rings. The van der Waals surface area contributed by atoms with E-state index >= 15 is 0 Å². The van der Waals surface area contributed by atoms with Gasteiger partial charge < -0.3 is 9.15 Å². The van der Waals surface area contributed by atoms with E-state index in [0.29, 0.717) is 16.5 Å². The molecule has 0 unspecified atom stereocenters. The second-order valence-electron chi connectivity index (χ2n) is 6.02. The lowest BCUT2D eigenvalue weighted by Crippen LogP contribution is -2.10. The molecule has 7 heteroatoms. The molecule has 0 atom stereocenters. The molecule has 1 N–H and O–H groups in total. The second-order valence-corrected chi connectivity index (χ2v) is 8.12. The first-order chi connectivity index (χ1) is 13.2. The number of fused-ring (bicyclic) bond motifs is 4. The fourth-order valence-electron chi connectivity index (χ4n) is 3.11. The molecule has 0 radical (unpaired) electrons. The highest BCUT2D eigenvalue weighted by Crippen LogP contribution is 2.44. The van der Waals surface area contributed by atoms with Crippen molar-refractivity contribution in [2.45, 2.75) is 10.6 Å². The quantitative estimate of drug-likeness (QED) is 0.502. The van der Waals surface area contributed by atoms with Crippen molar-refractivity contribution in [2.24, 2.45) is 0 Å². The highest BCUT2D eigenvalue weighted by Gasteiger charge is 2.23. The summed E-state index contributed by atoms with van der Waals surface area (Å²) in [4.78, 5) is 19.7. The normalized spacial score (nSPS) is 12.5. The Labute approximate surface area is 163 Å². The van der Waals surface area contributed by atoms with Gasteiger partial charge in [0.1, 0.15) is 0 Å². The molecule has 0 spiro atoms. The minimum absolute atomic E-state index is 0.234. The van der Waals surface area contributed by atoms with Crippen LogP contribution in [0.25, 0.3) is 22.2 Å². The van der Waals surface area contributed by atoms with Gasteiger partial charge in [-0.2, -0.15) is 0 Å². The van der Waals surface area contributed by atoms with Crippen molar-refractivity contribution in [2.75, 3.05) is 12.4 Å². The third-order valence-corrected chi connectivity index (χ3v) is 6.62. The SMILES string of the molecule is COc1cccc2cc(C(=O)Nc3nc4c(s3)CSc3ccccc3-4)oc12. The number of methoxy groups -OCH3 is 1. The zero-order chi connectivity index (χ0) is 18.4. The standard InChI is InChI=1S/C20H14N2O3S2/c1-24-13-7-4-5-11-9-14(25-18(11)13)19(23)22-20-21-17-12-6-2-3-8-15(12)26-10-16(17)27-20/h2-9H,10H2,1H3,(H,21,22,23). The molecule has 0 saturated heterocycles. The average Bonchev–Trinajstić information content (AvgIpc) is 3.31. The number of anilines is 1. The van der Waals surface area contributed by atoms with Gasteiger partial charge in [-0.05, 0) is 18.2 Å². The number of ether oxygens (including phenoxy) is 1. The average molecular weight is 394 g/mol. The highest BCUT2D eigenvalue weighted by atomic mass is 32.2. The lowest BCUT2D eigenvalue weighted by Gasteiger charge is -2.13. The van der Waals surface area contributed by atoms with Crippen molar-refractivity contribution >= 4 is 45.1 Å². The number of furan rings is 1. The summed E-state index contributed by atoms with van der Waals surface area (Å²) in [5.41, 5.74) is 2.64. The van der Waals surface area contributed by atoms with Gasteiger partial charge in [0.2, 0.25) is 0 Å². The molecule has 0 bridgehead atoms. The molecule has 3 heterocycles. The van der Waals surface area contributed by atoms with E-state index in [-0.39, 0.29) is 11.7 Å². The number of amides is 1. The maximum absolute atomic E-state index is 12.7. The van der Waals surface area contributed by atoms with Crippen LogP contribution in [0.3, 0.4) is 0 Å². The molecular formula is C20H14N2O3S2. The Kier molecular flexibility index (Phi) is 3.91. The number of hydrogen-bond acceptors (Lipinski definition) is 6. The van der Waals surface area contributed by atoms with Crippen LogP contribution in [-0.2, 0) is 5.75 Å². The van der Waals surface area contributed by atoms with E-state index < -0.39 is 0 Å². The molecule has 5 nitrogen and oxygen atoms in total. The van der Waals surface area contributed by atoms with Gasteiger partial charge in [0.25, 0.3) is 5.91 Å². The van der Waals surface area contributed by atoms with Crippen LogP contribution < -0.4 is 10.1 Å². The summed E-state index contributed by atoms with van der Waals surface area (Å²) in [6.45, 7) is 0. The molecule has 134 valence electrons. The molecule has 2 aromatic carbocycles. The number of carbonyl (C=O) groups excluding carboxylic acids is 1. The van der Waals surface area contributed by atoms with Gasteiger partial charge in [-0.1, -0.05) is 30.3 Å². The smallest absolute Gasteiger partial charge is 0.293 e. The molecular weight excluding hydrogens is 380 g/mol. The Morgan fingerprint density at radius 3 is 3.00 bits per heavy atom. The number of para-hydroxylation sites is 1. The number of nitrogens with one attached hydrogen (secondary N) is 1. The Hall–Kier alpha value is -2.77. The predicted molar refractivity (Wildman–Crippen MR) is 108 cm³/mol. The number of nitrogens with zero attached hydrogens (tertiary/aromatic N) is 1. The monoisotopic (exact) mass is 394 g/mol. The first-order valence-corrected chi connectivity index (χ1v) is 10.1. The van der Waals surface area contributed by atoms with Crippen LogP contribution in [0.2, 0.25) is 0 Å². The van der Waals surface area contributed by atoms with Gasteiger partial charge in [-0.15, -0.1) is 23.1 Å². The fourth-order valence-corrected chi connectivity index (χ4v) is 5.21. The van der Waals surface area contributed by atoms with Crippen molar-refractivity contribution in [3.8, 4) is 17.0 Å². The topological polar surface area (TPSA) is 64.4 Å². The van der Waals surface area contributed by atoms with E-state index in [1.807, 2.05) is 24.3 Å². The van der Waals surface area contributed by atoms with Crippen LogP contribution in [0.1, 0.15) is 15.4 Å². The van der Waals surface area contributed by atoms with E-state index in [0.717, 1.165) is 22.4 Å². The highest BCUT2D eigenvalue weighted by molar-refractivity contribution is 7.98. The predicted octanol–water partition coefficient (Wildman–Crippen LogP) is 5.42. The van der Waals surface area contributed by atoms with E-state index in [4.69, 9.17) is 9.15 Å². The maximum atomic E-state index is 12.7. The van der Waals surface area contributed by atoms with Gasteiger partial charge in [0.05, 0.1) is 12.8 Å². The molecule has 1 aliphatic heterocycles.